The molecule has 1 rings (SSSR count). The molecule has 1 aliphatic rings. The van der Waals surface area contributed by atoms with Crippen molar-refractivity contribution in [2.24, 2.45) is 0 Å². The number of aliphatic carboxylic acids is 1. The Hall–Kier alpha value is -0.704. The second-order valence-electron chi connectivity index (χ2n) is 10.9. The molecule has 1 aliphatic heterocycles. The monoisotopic (exact) mass is 802 g/mol. The number of carbonyl (C=O) groups excluding carboxylic acids is 1. The zero-order chi connectivity index (χ0) is 38.7. The third kappa shape index (κ3) is 9.69. The molecule has 1 saturated heterocycles. The number of carboxylic acid groups (broad SMARTS) is 1. The number of carboxylic acids is 1. The van der Waals surface area contributed by atoms with Gasteiger partial charge in [-0.1, -0.05) is 32.1 Å². The largest absolute Gasteiger partial charge is 1.00 e. The third-order valence-electron chi connectivity index (χ3n) is 7.27. The molecule has 290 valence electrons. The first-order valence-electron chi connectivity index (χ1n) is 13.8. The molecular formula is C25H28F17KO7. The molecule has 0 aromatic carbocycles. The van der Waals surface area contributed by atoms with Crippen molar-refractivity contribution in [2.75, 3.05) is 0 Å². The number of hydrogen-bond acceptors (Lipinski definition) is 7. The fourth-order valence-electron chi connectivity index (χ4n) is 4.23. The first-order chi connectivity index (χ1) is 21.9. The number of hydrogen-bond donors (Lipinski definition) is 3. The standard InChI is InChI=1S/C25H29F17O7.K/c26-18(27,19(28,29)20(30,31)21(32,33)22(34,35)23(36,37)24(38,39)25(40,41)42)10-8-6-4-2-1-3-5-7-9-11-48-17-13(44)12(43)15(49-17)14(45)16(46)47;/h9,11-15,17,43-45H,1-8,10H2,(H,46,47);/q;+1/p-1/t12-,13-,14+,15+,17-;/m1./s1. The van der Waals surface area contributed by atoms with Crippen LogP contribution in [0.5, 0.6) is 0 Å². The number of unbranched alkanes of at least 4 members (excludes halogenated alkanes) is 7. The van der Waals surface area contributed by atoms with Crippen LogP contribution in [0.3, 0.4) is 0 Å². The van der Waals surface area contributed by atoms with Crippen molar-refractivity contribution in [3.8, 4) is 0 Å². The van der Waals surface area contributed by atoms with E-state index in [2.05, 4.69) is 0 Å². The van der Waals surface area contributed by atoms with E-state index in [-0.39, 0.29) is 70.6 Å². The van der Waals surface area contributed by atoms with Crippen LogP contribution >= 0.6 is 0 Å². The van der Waals surface area contributed by atoms with Gasteiger partial charge in [-0.3, -0.25) is 0 Å². The number of allylic oxidation sites excluding steroid dienone is 1. The second kappa shape index (κ2) is 17.6. The molecule has 0 spiro atoms. The molecule has 0 aromatic rings. The molecular weight excluding hydrogens is 774 g/mol. The van der Waals surface area contributed by atoms with Crippen molar-refractivity contribution in [3.63, 3.8) is 0 Å². The van der Waals surface area contributed by atoms with Gasteiger partial charge in [-0.05, 0) is 25.3 Å². The first kappa shape index (κ1) is 49.3. The molecule has 0 aliphatic carbocycles. The van der Waals surface area contributed by atoms with Crippen LogP contribution in [0.15, 0.2) is 12.3 Å². The Labute approximate surface area is 313 Å². The Morgan fingerprint density at radius 2 is 1.06 bits per heavy atom. The van der Waals surface area contributed by atoms with Crippen molar-refractivity contribution in [2.45, 2.75) is 136 Å². The van der Waals surface area contributed by atoms with Gasteiger partial charge in [0.1, 0.15) is 24.4 Å². The van der Waals surface area contributed by atoms with Crippen molar-refractivity contribution in [1.82, 2.24) is 0 Å². The van der Waals surface area contributed by atoms with E-state index in [1.54, 1.807) is 0 Å². The van der Waals surface area contributed by atoms with Gasteiger partial charge in [0.25, 0.3) is 0 Å². The molecule has 1 heterocycles. The molecule has 3 N–H and O–H groups in total. The average molecular weight is 803 g/mol. The minimum absolute atomic E-state index is 0. The predicted molar refractivity (Wildman–Crippen MR) is 124 cm³/mol. The fourth-order valence-corrected chi connectivity index (χ4v) is 4.23. The third-order valence-corrected chi connectivity index (χ3v) is 7.27. The Bertz CT molecular complexity index is 1120. The summed E-state index contributed by atoms with van der Waals surface area (Å²) in [6.45, 7) is 0. The van der Waals surface area contributed by atoms with Crippen LogP contribution in [0, 0.1) is 0 Å². The van der Waals surface area contributed by atoms with E-state index in [1.165, 1.54) is 6.08 Å². The van der Waals surface area contributed by atoms with Crippen molar-refractivity contribution in [3.05, 3.63) is 12.3 Å². The van der Waals surface area contributed by atoms with Gasteiger partial charge in [0.15, 0.2) is 0 Å². The van der Waals surface area contributed by atoms with Gasteiger partial charge in [-0.2, -0.15) is 74.6 Å². The van der Waals surface area contributed by atoms with Crippen LogP contribution in [0.2, 0.25) is 0 Å². The fraction of sp³-hybridized carbons (Fsp3) is 0.880. The summed E-state index contributed by atoms with van der Waals surface area (Å²) in [6, 6.07) is 0. The van der Waals surface area contributed by atoms with Crippen LogP contribution in [0.25, 0.3) is 0 Å². The zero-order valence-corrected chi connectivity index (χ0v) is 28.4. The minimum atomic E-state index is -8.64. The summed E-state index contributed by atoms with van der Waals surface area (Å²) >= 11 is 0. The van der Waals surface area contributed by atoms with Gasteiger partial charge < -0.3 is 34.7 Å². The van der Waals surface area contributed by atoms with Crippen molar-refractivity contribution < 1.29 is 161 Å². The maximum absolute atomic E-state index is 13.9. The zero-order valence-electron chi connectivity index (χ0n) is 25.3. The van der Waals surface area contributed by atoms with Crippen LogP contribution in [0.1, 0.15) is 57.8 Å². The smallest absolute Gasteiger partial charge is 0.547 e. The maximum atomic E-state index is 13.9. The molecule has 1 fully saturated rings. The number of halogens is 17. The Morgan fingerprint density at radius 3 is 1.50 bits per heavy atom. The van der Waals surface area contributed by atoms with Gasteiger partial charge >= 0.3 is 99.0 Å². The van der Waals surface area contributed by atoms with Gasteiger partial charge in [-0.25, -0.2) is 0 Å². The summed E-state index contributed by atoms with van der Waals surface area (Å²) < 4.78 is 236. The normalized spacial score (nSPS) is 22.5. The molecule has 0 amide bonds. The molecule has 0 bridgehead atoms. The molecule has 7 nitrogen and oxygen atoms in total. The molecule has 0 saturated carbocycles. The summed E-state index contributed by atoms with van der Waals surface area (Å²) in [5.74, 6) is -58.2. The molecule has 0 unspecified atom stereocenters. The van der Waals surface area contributed by atoms with Crippen molar-refractivity contribution in [1.29, 1.82) is 0 Å². The first-order valence-corrected chi connectivity index (χ1v) is 13.8. The summed E-state index contributed by atoms with van der Waals surface area (Å²) in [4.78, 5) is 10.7. The van der Waals surface area contributed by atoms with E-state index in [0.29, 0.717) is 19.3 Å². The van der Waals surface area contributed by atoms with Crippen molar-refractivity contribution >= 4 is 5.97 Å². The van der Waals surface area contributed by atoms with Crippen LogP contribution in [0.4, 0.5) is 74.6 Å². The number of aliphatic hydroxyl groups excluding tert-OH is 3. The predicted octanol–water partition coefficient (Wildman–Crippen LogP) is 2.60. The summed E-state index contributed by atoms with van der Waals surface area (Å²) in [6.07, 6.45) is -17.1. The Morgan fingerprint density at radius 1 is 0.660 bits per heavy atom. The number of ether oxygens (including phenoxy) is 2. The summed E-state index contributed by atoms with van der Waals surface area (Å²) in [5.41, 5.74) is 0. The molecule has 25 heteroatoms. The number of aliphatic hydroxyl groups is 3. The molecule has 0 aromatic heterocycles. The quantitative estimate of drug-likeness (QED) is 0.0751. The van der Waals surface area contributed by atoms with Gasteiger partial charge in [0.05, 0.1) is 12.2 Å². The van der Waals surface area contributed by atoms with E-state index < -0.39 is 104 Å². The topological polar surface area (TPSA) is 119 Å². The number of rotatable bonds is 20. The second-order valence-corrected chi connectivity index (χ2v) is 10.9. The maximum Gasteiger partial charge on any atom is 1.00 e. The molecule has 5 atom stereocenters. The minimum Gasteiger partial charge on any atom is -0.547 e. The summed E-state index contributed by atoms with van der Waals surface area (Å²) in [7, 11) is 0. The van der Waals surface area contributed by atoms with Gasteiger partial charge in [-0.15, -0.1) is 0 Å². The van der Waals surface area contributed by atoms with E-state index in [4.69, 9.17) is 9.47 Å². The molecule has 50 heavy (non-hydrogen) atoms. The summed E-state index contributed by atoms with van der Waals surface area (Å²) in [5, 5.41) is 39.5. The Kier molecular flexibility index (Phi) is 17.4. The van der Waals surface area contributed by atoms with E-state index >= 15 is 0 Å². The van der Waals surface area contributed by atoms with Gasteiger partial charge in [0.2, 0.25) is 6.29 Å². The van der Waals surface area contributed by atoms with E-state index in [1.807, 2.05) is 0 Å². The Balaban J connectivity index is 0.0000240. The van der Waals surface area contributed by atoms with E-state index in [0.717, 1.165) is 6.26 Å². The van der Waals surface area contributed by atoms with E-state index in [9.17, 15) is 99.9 Å². The number of alkyl halides is 17. The molecule has 0 radical (unpaired) electrons. The van der Waals surface area contributed by atoms with Crippen LogP contribution in [-0.4, -0.2) is 99.6 Å². The number of carbonyl (C=O) groups is 1. The van der Waals surface area contributed by atoms with Crippen LogP contribution in [-0.2, 0) is 14.3 Å². The van der Waals surface area contributed by atoms with Crippen LogP contribution < -0.4 is 56.5 Å². The average Bonchev–Trinajstić information content (AvgIpc) is 3.24. The SMILES string of the molecule is O=C([O-])[C@@H](O)[C@H]1O[C@@H](OC=CCCCCCCCCCC(F)(F)C(F)(F)C(F)(F)C(F)(F)C(F)(F)C(F)(F)C(F)(F)C(F)(F)F)[C@H](O)[C@H]1O.[K+]. The van der Waals surface area contributed by atoms with Gasteiger partial charge in [0, 0.05) is 6.42 Å².